The Morgan fingerprint density at radius 3 is 2.54 bits per heavy atom. The normalized spacial score (nSPS) is 13.4. The Kier molecular flexibility index (Phi) is 4.77. The largest absolute Gasteiger partial charge is 0.322 e. The van der Waals surface area contributed by atoms with E-state index in [0.717, 1.165) is 23.9 Å². The second kappa shape index (κ2) is 6.74. The van der Waals surface area contributed by atoms with Gasteiger partial charge in [-0.2, -0.15) is 0 Å². The molecule has 0 atom stereocenters. The van der Waals surface area contributed by atoms with Gasteiger partial charge in [0.1, 0.15) is 0 Å². The van der Waals surface area contributed by atoms with Gasteiger partial charge in [-0.05, 0) is 48.4 Å². The van der Waals surface area contributed by atoms with Crippen LogP contribution in [0, 0.1) is 0 Å². The number of benzene rings is 2. The molecule has 2 aromatic carbocycles. The summed E-state index contributed by atoms with van der Waals surface area (Å²) in [7, 11) is -3.53. The third-order valence-corrected chi connectivity index (χ3v) is 5.78. The van der Waals surface area contributed by atoms with Crippen LogP contribution in [0.15, 0.2) is 41.3 Å². The molecule has 0 saturated carbocycles. The third-order valence-electron chi connectivity index (χ3n) is 4.21. The van der Waals surface area contributed by atoms with Crippen molar-refractivity contribution >= 4 is 44.6 Å². The van der Waals surface area contributed by atoms with Gasteiger partial charge in [-0.15, -0.1) is 0 Å². The number of amides is 2. The van der Waals surface area contributed by atoms with E-state index in [1.165, 1.54) is 25.1 Å². The number of rotatable bonds is 3. The molecular weight excluding hydrogens is 376 g/mol. The van der Waals surface area contributed by atoms with Gasteiger partial charge in [0.25, 0.3) is 5.91 Å². The highest BCUT2D eigenvalue weighted by atomic mass is 35.5. The third kappa shape index (κ3) is 3.59. The van der Waals surface area contributed by atoms with Gasteiger partial charge in [0.05, 0.1) is 9.92 Å². The molecule has 1 heterocycles. The van der Waals surface area contributed by atoms with Gasteiger partial charge in [0.15, 0.2) is 9.84 Å². The molecular formula is C18H17ClN2O4S. The van der Waals surface area contributed by atoms with Crippen molar-refractivity contribution in [3.05, 3.63) is 52.5 Å². The zero-order valence-corrected chi connectivity index (χ0v) is 15.8. The van der Waals surface area contributed by atoms with Gasteiger partial charge in [0.2, 0.25) is 5.91 Å². The predicted molar refractivity (Wildman–Crippen MR) is 101 cm³/mol. The molecule has 2 amide bonds. The fraction of sp³-hybridized carbons (Fsp3) is 0.222. The summed E-state index contributed by atoms with van der Waals surface area (Å²) < 4.78 is 23.5. The van der Waals surface area contributed by atoms with Crippen LogP contribution in [0.2, 0.25) is 5.02 Å². The molecule has 0 aromatic heterocycles. The van der Waals surface area contributed by atoms with Crippen LogP contribution in [0.3, 0.4) is 0 Å². The number of hydrogen-bond donors (Lipinski definition) is 1. The lowest BCUT2D eigenvalue weighted by atomic mass is 10.1. The van der Waals surface area contributed by atoms with Gasteiger partial charge in [-0.3, -0.25) is 9.59 Å². The van der Waals surface area contributed by atoms with Gasteiger partial charge in [0, 0.05) is 36.7 Å². The number of nitrogens with one attached hydrogen (secondary N) is 1. The number of halogens is 1. The van der Waals surface area contributed by atoms with Crippen molar-refractivity contribution in [2.24, 2.45) is 0 Å². The van der Waals surface area contributed by atoms with Crippen LogP contribution in [-0.2, 0) is 21.1 Å². The summed E-state index contributed by atoms with van der Waals surface area (Å²) >= 11 is 5.91. The fourth-order valence-corrected chi connectivity index (χ4v) is 4.24. The molecule has 8 heteroatoms. The molecule has 1 aliphatic rings. The number of sulfone groups is 1. The standard InChI is InChI=1S/C18H17ClN2O4S/c1-11(22)21-8-7-12-9-14(4-6-16(12)21)20-18(23)13-3-5-15(19)17(10-13)26(2,24)25/h3-6,9-10H,7-8H2,1-2H3,(H,20,23). The minimum Gasteiger partial charge on any atom is -0.322 e. The molecule has 136 valence electrons. The van der Waals surface area contributed by atoms with Crippen molar-refractivity contribution in [3.8, 4) is 0 Å². The van der Waals surface area contributed by atoms with Crippen LogP contribution in [-0.4, -0.2) is 33.0 Å². The highest BCUT2D eigenvalue weighted by molar-refractivity contribution is 7.90. The van der Waals surface area contributed by atoms with Crippen LogP contribution in [0.25, 0.3) is 0 Å². The van der Waals surface area contributed by atoms with Gasteiger partial charge in [-0.25, -0.2) is 8.42 Å². The molecule has 3 rings (SSSR count). The Labute approximate surface area is 156 Å². The average molecular weight is 393 g/mol. The van der Waals surface area contributed by atoms with Crippen molar-refractivity contribution in [2.75, 3.05) is 23.0 Å². The van der Waals surface area contributed by atoms with E-state index in [-0.39, 0.29) is 21.4 Å². The molecule has 26 heavy (non-hydrogen) atoms. The van der Waals surface area contributed by atoms with Crippen LogP contribution in [0.5, 0.6) is 0 Å². The molecule has 6 nitrogen and oxygen atoms in total. The van der Waals surface area contributed by atoms with Crippen molar-refractivity contribution in [3.63, 3.8) is 0 Å². The monoisotopic (exact) mass is 392 g/mol. The maximum atomic E-state index is 12.5. The molecule has 1 aliphatic heterocycles. The highest BCUT2D eigenvalue weighted by Gasteiger charge is 2.22. The molecule has 0 fully saturated rings. The predicted octanol–water partition coefficient (Wildman–Crippen LogP) is 2.90. The van der Waals surface area contributed by atoms with E-state index in [1.807, 2.05) is 6.07 Å². The minimum atomic E-state index is -3.53. The molecule has 2 aromatic rings. The first-order valence-corrected chi connectivity index (χ1v) is 10.2. The SMILES string of the molecule is CC(=O)N1CCc2cc(NC(=O)c3ccc(Cl)c(S(C)(=O)=O)c3)ccc21. The fourth-order valence-electron chi connectivity index (χ4n) is 2.94. The first-order valence-electron chi connectivity index (χ1n) is 7.89. The van der Waals surface area contributed by atoms with E-state index in [2.05, 4.69) is 5.32 Å². The Morgan fingerprint density at radius 2 is 1.88 bits per heavy atom. The van der Waals surface area contributed by atoms with E-state index in [0.29, 0.717) is 12.2 Å². The summed E-state index contributed by atoms with van der Waals surface area (Å²) in [5, 5.41) is 2.82. The molecule has 0 unspecified atom stereocenters. The summed E-state index contributed by atoms with van der Waals surface area (Å²) in [6, 6.07) is 9.45. The first kappa shape index (κ1) is 18.4. The minimum absolute atomic E-state index is 0.0185. The second-order valence-electron chi connectivity index (χ2n) is 6.14. The van der Waals surface area contributed by atoms with Gasteiger partial charge in [-0.1, -0.05) is 11.6 Å². The lowest BCUT2D eigenvalue weighted by Crippen LogP contribution is -2.25. The summed E-state index contributed by atoms with van der Waals surface area (Å²) in [6.45, 7) is 2.14. The van der Waals surface area contributed by atoms with E-state index in [9.17, 15) is 18.0 Å². The zero-order chi connectivity index (χ0) is 19.1. The van der Waals surface area contributed by atoms with Crippen LogP contribution < -0.4 is 10.2 Å². The number of fused-ring (bicyclic) bond motifs is 1. The zero-order valence-electron chi connectivity index (χ0n) is 14.2. The summed E-state index contributed by atoms with van der Waals surface area (Å²) in [6.07, 6.45) is 1.76. The number of carbonyl (C=O) groups is 2. The van der Waals surface area contributed by atoms with Crippen molar-refractivity contribution in [1.29, 1.82) is 0 Å². The Bertz CT molecular complexity index is 1020. The number of carbonyl (C=O) groups excluding carboxylic acids is 2. The van der Waals surface area contributed by atoms with E-state index in [4.69, 9.17) is 11.6 Å². The molecule has 0 bridgehead atoms. The second-order valence-corrected chi connectivity index (χ2v) is 8.53. The summed E-state index contributed by atoms with van der Waals surface area (Å²) in [4.78, 5) is 25.7. The van der Waals surface area contributed by atoms with E-state index < -0.39 is 15.7 Å². The van der Waals surface area contributed by atoms with Crippen molar-refractivity contribution < 1.29 is 18.0 Å². The number of nitrogens with zero attached hydrogens (tertiary/aromatic N) is 1. The van der Waals surface area contributed by atoms with Crippen LogP contribution in [0.4, 0.5) is 11.4 Å². The summed E-state index contributed by atoms with van der Waals surface area (Å²) in [5.41, 5.74) is 2.60. The van der Waals surface area contributed by atoms with Gasteiger partial charge < -0.3 is 10.2 Å². The highest BCUT2D eigenvalue weighted by Crippen LogP contribution is 2.31. The van der Waals surface area contributed by atoms with Crippen LogP contribution in [0.1, 0.15) is 22.8 Å². The molecule has 0 radical (unpaired) electrons. The Hall–Kier alpha value is -2.38. The maximum absolute atomic E-state index is 12.5. The smallest absolute Gasteiger partial charge is 0.255 e. The quantitative estimate of drug-likeness (QED) is 0.870. The maximum Gasteiger partial charge on any atom is 0.255 e. The molecule has 0 aliphatic carbocycles. The average Bonchev–Trinajstić information content (AvgIpc) is 2.97. The van der Waals surface area contributed by atoms with E-state index in [1.54, 1.807) is 17.0 Å². The lowest BCUT2D eigenvalue weighted by molar-refractivity contribution is -0.116. The lowest BCUT2D eigenvalue weighted by Gasteiger charge is -2.15. The van der Waals surface area contributed by atoms with Crippen LogP contribution >= 0.6 is 11.6 Å². The molecule has 0 spiro atoms. The Morgan fingerprint density at radius 1 is 1.15 bits per heavy atom. The molecule has 1 N–H and O–H groups in total. The van der Waals surface area contributed by atoms with E-state index >= 15 is 0 Å². The number of hydrogen-bond acceptors (Lipinski definition) is 4. The van der Waals surface area contributed by atoms with Crippen molar-refractivity contribution in [2.45, 2.75) is 18.2 Å². The molecule has 0 saturated heterocycles. The summed E-state index contributed by atoms with van der Waals surface area (Å²) in [5.74, 6) is -0.456. The number of anilines is 2. The van der Waals surface area contributed by atoms with Gasteiger partial charge >= 0.3 is 0 Å². The topological polar surface area (TPSA) is 83.6 Å². The van der Waals surface area contributed by atoms with Crippen molar-refractivity contribution in [1.82, 2.24) is 0 Å². The first-order chi connectivity index (χ1) is 12.2. The Balaban J connectivity index is 1.85.